The molecule has 0 aliphatic carbocycles. The summed E-state index contributed by atoms with van der Waals surface area (Å²) in [6.07, 6.45) is 0. The minimum Gasteiger partial charge on any atom is -0.399 e. The van der Waals surface area contributed by atoms with Crippen LogP contribution in [0.1, 0.15) is 0 Å². The molecule has 1 aromatic carbocycles. The second kappa shape index (κ2) is 5.01. The number of hydrogen-bond donors (Lipinski definition) is 4. The average Bonchev–Trinajstić information content (AvgIpc) is 2.13. The van der Waals surface area contributed by atoms with Crippen molar-refractivity contribution in [1.82, 2.24) is 0 Å². The molecule has 0 saturated heterocycles. The molecule has 8 heteroatoms. The maximum atomic E-state index is 10.2. The maximum Gasteiger partial charge on any atom is 0.397 e. The lowest BCUT2D eigenvalue weighted by Gasteiger charge is -2.09. The van der Waals surface area contributed by atoms with E-state index >= 15 is 0 Å². The molecule has 1 rings (SSSR count). The first-order valence-corrected chi connectivity index (χ1v) is 5.76. The van der Waals surface area contributed by atoms with Crippen LogP contribution in [0, 0.1) is 0 Å². The molecule has 90 valence electrons. The summed E-state index contributed by atoms with van der Waals surface area (Å²) in [6, 6.07) is 4.90. The van der Waals surface area contributed by atoms with Crippen LogP contribution in [0.4, 0.5) is 17.1 Å². The van der Waals surface area contributed by atoms with Gasteiger partial charge >= 0.3 is 10.4 Å². The number of nitrogen functional groups attached to an aromatic ring is 2. The quantitative estimate of drug-likeness (QED) is 0.329. The van der Waals surface area contributed by atoms with E-state index in [-0.39, 0.29) is 13.2 Å². The summed E-state index contributed by atoms with van der Waals surface area (Å²) >= 11 is 0. The molecule has 7 nitrogen and oxygen atoms in total. The van der Waals surface area contributed by atoms with Gasteiger partial charge in [-0.15, -0.1) is 0 Å². The van der Waals surface area contributed by atoms with E-state index in [1.54, 1.807) is 18.2 Å². The first-order chi connectivity index (χ1) is 7.38. The molecule has 0 bridgehead atoms. The van der Waals surface area contributed by atoms with Crippen molar-refractivity contribution in [2.24, 2.45) is 0 Å². The van der Waals surface area contributed by atoms with Gasteiger partial charge in [-0.1, -0.05) is 0 Å². The summed E-state index contributed by atoms with van der Waals surface area (Å²) in [5, 5.41) is 2.83. The Hall–Kier alpha value is -1.51. The van der Waals surface area contributed by atoms with Crippen molar-refractivity contribution in [3.05, 3.63) is 18.2 Å². The lowest BCUT2D eigenvalue weighted by molar-refractivity contribution is 0.278. The molecular formula is C8H13N3O4S. The van der Waals surface area contributed by atoms with Crippen LogP contribution in [-0.2, 0) is 14.6 Å². The first kappa shape index (κ1) is 12.6. The third-order valence-corrected chi connectivity index (χ3v) is 2.19. The summed E-state index contributed by atoms with van der Waals surface area (Å²) in [5.41, 5.74) is 12.7. The van der Waals surface area contributed by atoms with E-state index in [0.29, 0.717) is 17.1 Å². The van der Waals surface area contributed by atoms with Gasteiger partial charge in [-0.3, -0.25) is 4.55 Å². The Labute approximate surface area is 93.3 Å². The smallest absolute Gasteiger partial charge is 0.397 e. The van der Waals surface area contributed by atoms with Crippen LogP contribution in [0.25, 0.3) is 0 Å². The van der Waals surface area contributed by atoms with Gasteiger partial charge in [0.2, 0.25) is 0 Å². The lowest BCUT2D eigenvalue weighted by Crippen LogP contribution is -2.14. The van der Waals surface area contributed by atoms with Gasteiger partial charge in [0.25, 0.3) is 0 Å². The molecule has 16 heavy (non-hydrogen) atoms. The van der Waals surface area contributed by atoms with Crippen molar-refractivity contribution < 1.29 is 17.2 Å². The third-order valence-electron chi connectivity index (χ3n) is 1.73. The number of anilines is 3. The second-order valence-electron chi connectivity index (χ2n) is 3.02. The van der Waals surface area contributed by atoms with Crippen LogP contribution in [0.15, 0.2) is 18.2 Å². The monoisotopic (exact) mass is 247 g/mol. The number of nitrogens with one attached hydrogen (secondary N) is 1. The van der Waals surface area contributed by atoms with Gasteiger partial charge in [-0.25, -0.2) is 4.18 Å². The maximum absolute atomic E-state index is 10.2. The van der Waals surface area contributed by atoms with E-state index in [0.717, 1.165) is 0 Å². The molecule has 0 fully saturated rings. The van der Waals surface area contributed by atoms with Crippen LogP contribution in [0.3, 0.4) is 0 Å². The molecule has 0 aromatic heterocycles. The van der Waals surface area contributed by atoms with Gasteiger partial charge in [0, 0.05) is 12.2 Å². The van der Waals surface area contributed by atoms with Gasteiger partial charge in [-0.2, -0.15) is 8.42 Å². The van der Waals surface area contributed by atoms with E-state index in [1.807, 2.05) is 0 Å². The highest BCUT2D eigenvalue weighted by Crippen LogP contribution is 2.20. The van der Waals surface area contributed by atoms with Gasteiger partial charge < -0.3 is 16.8 Å². The Morgan fingerprint density at radius 3 is 2.62 bits per heavy atom. The van der Waals surface area contributed by atoms with Gasteiger partial charge in [0.15, 0.2) is 0 Å². The van der Waals surface area contributed by atoms with Crippen molar-refractivity contribution in [1.29, 1.82) is 0 Å². The van der Waals surface area contributed by atoms with E-state index in [2.05, 4.69) is 9.50 Å². The van der Waals surface area contributed by atoms with E-state index in [9.17, 15) is 8.42 Å². The zero-order valence-electron chi connectivity index (χ0n) is 8.38. The summed E-state index contributed by atoms with van der Waals surface area (Å²) < 4.78 is 32.8. The normalized spacial score (nSPS) is 11.3. The van der Waals surface area contributed by atoms with Crippen LogP contribution in [0.5, 0.6) is 0 Å². The molecular weight excluding hydrogens is 234 g/mol. The summed E-state index contributed by atoms with van der Waals surface area (Å²) in [4.78, 5) is 0. The standard InChI is InChI=1S/C8H13N3O4S/c9-6-1-2-8(7(10)5-6)11-3-4-15-16(12,13)14/h1-2,5,11H,3-4,9-10H2,(H,12,13,14). The zero-order chi connectivity index (χ0) is 12.2. The third kappa shape index (κ3) is 4.34. The fraction of sp³-hybridized carbons (Fsp3) is 0.250. The van der Waals surface area contributed by atoms with Crippen LogP contribution >= 0.6 is 0 Å². The number of benzene rings is 1. The highest BCUT2D eigenvalue weighted by molar-refractivity contribution is 7.80. The molecule has 1 aromatic rings. The van der Waals surface area contributed by atoms with Crippen LogP contribution < -0.4 is 16.8 Å². The number of hydrogen-bond acceptors (Lipinski definition) is 6. The van der Waals surface area contributed by atoms with Gasteiger partial charge in [0.05, 0.1) is 18.0 Å². The van der Waals surface area contributed by atoms with Crippen LogP contribution in [0.2, 0.25) is 0 Å². The molecule has 0 aliphatic heterocycles. The molecule has 0 amide bonds. The predicted molar refractivity (Wildman–Crippen MR) is 61.3 cm³/mol. The minimum atomic E-state index is -4.39. The summed E-state index contributed by atoms with van der Waals surface area (Å²) in [5.74, 6) is 0. The van der Waals surface area contributed by atoms with Crippen molar-refractivity contribution in [2.45, 2.75) is 0 Å². The minimum absolute atomic E-state index is 0.188. The largest absolute Gasteiger partial charge is 0.399 e. The molecule has 0 aliphatic rings. The van der Waals surface area contributed by atoms with Gasteiger partial charge in [-0.05, 0) is 18.2 Å². The Morgan fingerprint density at radius 1 is 1.38 bits per heavy atom. The highest BCUT2D eigenvalue weighted by atomic mass is 32.3. The Kier molecular flexibility index (Phi) is 3.93. The lowest BCUT2D eigenvalue weighted by atomic mass is 10.2. The van der Waals surface area contributed by atoms with E-state index in [4.69, 9.17) is 16.0 Å². The van der Waals surface area contributed by atoms with Crippen LogP contribution in [-0.4, -0.2) is 26.1 Å². The highest BCUT2D eigenvalue weighted by Gasteiger charge is 2.03. The molecule has 0 heterocycles. The summed E-state index contributed by atoms with van der Waals surface area (Å²) in [7, 11) is -4.39. The van der Waals surface area contributed by atoms with Crippen molar-refractivity contribution >= 4 is 27.5 Å². The van der Waals surface area contributed by atoms with Crippen molar-refractivity contribution in [3.8, 4) is 0 Å². The molecule has 6 N–H and O–H groups in total. The molecule has 0 unspecified atom stereocenters. The van der Waals surface area contributed by atoms with Crippen molar-refractivity contribution in [2.75, 3.05) is 29.9 Å². The molecule has 0 radical (unpaired) electrons. The second-order valence-corrected chi connectivity index (χ2v) is 4.11. The fourth-order valence-corrected chi connectivity index (χ4v) is 1.37. The fourth-order valence-electron chi connectivity index (χ4n) is 1.07. The Morgan fingerprint density at radius 2 is 2.06 bits per heavy atom. The van der Waals surface area contributed by atoms with E-state index < -0.39 is 10.4 Å². The molecule has 0 saturated carbocycles. The SMILES string of the molecule is Nc1ccc(NCCOS(=O)(=O)O)c(N)c1. The average molecular weight is 247 g/mol. The topological polar surface area (TPSA) is 128 Å². The summed E-state index contributed by atoms with van der Waals surface area (Å²) in [6.45, 7) is -0.00341. The van der Waals surface area contributed by atoms with Gasteiger partial charge in [0.1, 0.15) is 0 Å². The predicted octanol–water partition coefficient (Wildman–Crippen LogP) is 0.0823. The Bertz CT molecular complexity index is 460. The zero-order valence-corrected chi connectivity index (χ0v) is 9.20. The molecule has 0 atom stereocenters. The van der Waals surface area contributed by atoms with Crippen molar-refractivity contribution in [3.63, 3.8) is 0 Å². The number of nitrogens with two attached hydrogens (primary N) is 2. The Balaban J connectivity index is 2.43. The molecule has 0 spiro atoms. The van der Waals surface area contributed by atoms with E-state index in [1.165, 1.54) is 0 Å². The first-order valence-electron chi connectivity index (χ1n) is 4.39. The number of rotatable bonds is 5.